The van der Waals surface area contributed by atoms with E-state index in [2.05, 4.69) is 12.2 Å². The molecule has 1 saturated carbocycles. The highest BCUT2D eigenvalue weighted by molar-refractivity contribution is 7.99. The Balaban J connectivity index is 2.38. The molecule has 0 aliphatic heterocycles. The summed E-state index contributed by atoms with van der Waals surface area (Å²) in [5.41, 5.74) is 0. The zero-order valence-electron chi connectivity index (χ0n) is 10.5. The smallest absolute Gasteiger partial charge is 0.313 e. The Bertz CT molecular complexity index is 220. The number of hydrogen-bond donors (Lipinski definition) is 1. The van der Waals surface area contributed by atoms with E-state index < -0.39 is 12.1 Å². The van der Waals surface area contributed by atoms with E-state index in [1.54, 1.807) is 11.8 Å². The Kier molecular flexibility index (Phi) is 6.13. The van der Waals surface area contributed by atoms with Gasteiger partial charge in [-0.3, -0.25) is 0 Å². The number of rotatable bonds is 5. The van der Waals surface area contributed by atoms with Gasteiger partial charge < -0.3 is 5.32 Å². The van der Waals surface area contributed by atoms with E-state index >= 15 is 0 Å². The van der Waals surface area contributed by atoms with Gasteiger partial charge in [0.2, 0.25) is 0 Å². The number of alkyl halides is 3. The van der Waals surface area contributed by atoms with Crippen LogP contribution in [0.4, 0.5) is 13.2 Å². The predicted molar refractivity (Wildman–Crippen MR) is 67.4 cm³/mol. The first-order chi connectivity index (χ1) is 7.95. The van der Waals surface area contributed by atoms with Gasteiger partial charge in [-0.25, -0.2) is 0 Å². The lowest BCUT2D eigenvalue weighted by molar-refractivity contribution is -0.188. The first-order valence-corrected chi connectivity index (χ1v) is 7.57. The molecule has 3 atom stereocenters. The second kappa shape index (κ2) is 6.88. The van der Waals surface area contributed by atoms with Crippen molar-refractivity contribution in [2.75, 3.05) is 12.8 Å². The van der Waals surface area contributed by atoms with Crippen molar-refractivity contribution < 1.29 is 13.2 Å². The summed E-state index contributed by atoms with van der Waals surface area (Å²) in [6, 6.07) is -0.363. The van der Waals surface area contributed by atoms with Gasteiger partial charge in [0, 0.05) is 11.3 Å². The van der Waals surface area contributed by atoms with Crippen LogP contribution in [0.5, 0.6) is 0 Å². The van der Waals surface area contributed by atoms with Crippen molar-refractivity contribution in [2.24, 2.45) is 5.92 Å². The quantitative estimate of drug-likeness (QED) is 0.814. The van der Waals surface area contributed by atoms with Crippen LogP contribution in [0.15, 0.2) is 0 Å². The van der Waals surface area contributed by atoms with Gasteiger partial charge in [0.25, 0.3) is 0 Å². The van der Waals surface area contributed by atoms with E-state index in [0.717, 1.165) is 12.8 Å². The predicted octanol–water partition coefficient (Wildman–Crippen LogP) is 3.84. The Morgan fingerprint density at radius 2 is 1.94 bits per heavy atom. The number of halogens is 3. The average molecular weight is 269 g/mol. The Morgan fingerprint density at radius 3 is 2.53 bits per heavy atom. The highest BCUT2D eigenvalue weighted by atomic mass is 32.2. The topological polar surface area (TPSA) is 12.0 Å². The third kappa shape index (κ3) is 5.08. The van der Waals surface area contributed by atoms with E-state index in [9.17, 15) is 13.2 Å². The molecule has 1 N–H and O–H groups in total. The van der Waals surface area contributed by atoms with Crippen molar-refractivity contribution in [3.63, 3.8) is 0 Å². The molecule has 1 fully saturated rings. The molecule has 1 aliphatic rings. The molecule has 0 heterocycles. The van der Waals surface area contributed by atoms with Gasteiger partial charge in [-0.2, -0.15) is 24.9 Å². The van der Waals surface area contributed by atoms with Gasteiger partial charge in [-0.1, -0.05) is 19.8 Å². The maximum Gasteiger partial charge on any atom is 0.393 e. The standard InChI is InChI=1S/C12H22F3NS/c1-9(17-2)7-8-16-11-6-4-3-5-10(11)12(13,14)15/h9-11,16H,3-8H2,1-2H3. The van der Waals surface area contributed by atoms with E-state index in [1.807, 2.05) is 6.26 Å². The van der Waals surface area contributed by atoms with Crippen molar-refractivity contribution >= 4 is 11.8 Å². The minimum Gasteiger partial charge on any atom is -0.313 e. The molecule has 1 rings (SSSR count). The highest BCUT2D eigenvalue weighted by Gasteiger charge is 2.45. The Morgan fingerprint density at radius 1 is 1.29 bits per heavy atom. The SMILES string of the molecule is CSC(C)CCNC1CCCCC1C(F)(F)F. The monoisotopic (exact) mass is 269 g/mol. The molecular weight excluding hydrogens is 247 g/mol. The van der Waals surface area contributed by atoms with Gasteiger partial charge in [0.15, 0.2) is 0 Å². The van der Waals surface area contributed by atoms with Crippen LogP contribution < -0.4 is 5.32 Å². The van der Waals surface area contributed by atoms with Crippen LogP contribution in [0.3, 0.4) is 0 Å². The van der Waals surface area contributed by atoms with Crippen molar-refractivity contribution in [2.45, 2.75) is 56.5 Å². The summed E-state index contributed by atoms with van der Waals surface area (Å²) in [7, 11) is 0. The molecule has 5 heteroatoms. The summed E-state index contributed by atoms with van der Waals surface area (Å²) in [5.74, 6) is -1.14. The van der Waals surface area contributed by atoms with E-state index in [0.29, 0.717) is 31.1 Å². The first-order valence-electron chi connectivity index (χ1n) is 6.28. The minimum absolute atomic E-state index is 0.291. The second-order valence-electron chi connectivity index (χ2n) is 4.83. The molecule has 0 aromatic heterocycles. The van der Waals surface area contributed by atoms with Crippen LogP contribution in [-0.4, -0.2) is 30.3 Å². The lowest BCUT2D eigenvalue weighted by atomic mass is 9.84. The van der Waals surface area contributed by atoms with Crippen LogP contribution in [0.1, 0.15) is 39.0 Å². The molecule has 0 bridgehead atoms. The number of nitrogens with one attached hydrogen (secondary N) is 1. The fourth-order valence-electron chi connectivity index (χ4n) is 2.36. The van der Waals surface area contributed by atoms with Crippen molar-refractivity contribution in [1.82, 2.24) is 5.32 Å². The molecule has 102 valence electrons. The summed E-state index contributed by atoms with van der Waals surface area (Å²) in [6.07, 6.45) is 1.51. The third-order valence-corrected chi connectivity index (χ3v) is 4.59. The van der Waals surface area contributed by atoms with Gasteiger partial charge in [0.05, 0.1) is 5.92 Å². The number of hydrogen-bond acceptors (Lipinski definition) is 2. The molecule has 0 amide bonds. The van der Waals surface area contributed by atoms with E-state index in [4.69, 9.17) is 0 Å². The van der Waals surface area contributed by atoms with Gasteiger partial charge >= 0.3 is 6.18 Å². The van der Waals surface area contributed by atoms with Gasteiger partial charge in [0.1, 0.15) is 0 Å². The Hall–Kier alpha value is 0.100. The molecule has 1 nitrogen and oxygen atoms in total. The van der Waals surface area contributed by atoms with Crippen LogP contribution >= 0.6 is 11.8 Å². The first kappa shape index (κ1) is 15.2. The van der Waals surface area contributed by atoms with E-state index in [-0.39, 0.29) is 6.04 Å². The molecule has 0 aromatic rings. The number of thioether (sulfide) groups is 1. The van der Waals surface area contributed by atoms with Crippen LogP contribution in [0.2, 0.25) is 0 Å². The minimum atomic E-state index is -4.04. The van der Waals surface area contributed by atoms with Gasteiger partial charge in [-0.05, 0) is 32.1 Å². The van der Waals surface area contributed by atoms with Crippen LogP contribution in [0, 0.1) is 5.92 Å². The van der Waals surface area contributed by atoms with Crippen molar-refractivity contribution in [3.05, 3.63) is 0 Å². The Labute approximate surface area is 106 Å². The zero-order chi connectivity index (χ0) is 12.9. The largest absolute Gasteiger partial charge is 0.393 e. The lowest BCUT2D eigenvalue weighted by Gasteiger charge is -2.33. The fraction of sp³-hybridized carbons (Fsp3) is 1.00. The summed E-state index contributed by atoms with van der Waals surface area (Å²) in [6.45, 7) is 2.80. The molecular formula is C12H22F3NS. The lowest BCUT2D eigenvalue weighted by Crippen LogP contribution is -2.45. The molecule has 0 spiro atoms. The van der Waals surface area contributed by atoms with Crippen molar-refractivity contribution in [1.29, 1.82) is 0 Å². The highest BCUT2D eigenvalue weighted by Crippen LogP contribution is 2.37. The zero-order valence-corrected chi connectivity index (χ0v) is 11.3. The molecule has 17 heavy (non-hydrogen) atoms. The summed E-state index contributed by atoms with van der Waals surface area (Å²) < 4.78 is 38.4. The molecule has 3 unspecified atom stereocenters. The third-order valence-electron chi connectivity index (χ3n) is 3.55. The van der Waals surface area contributed by atoms with Crippen molar-refractivity contribution in [3.8, 4) is 0 Å². The molecule has 1 aliphatic carbocycles. The second-order valence-corrected chi connectivity index (χ2v) is 6.10. The molecule has 0 radical (unpaired) electrons. The van der Waals surface area contributed by atoms with Gasteiger partial charge in [-0.15, -0.1) is 0 Å². The maximum atomic E-state index is 12.8. The normalized spacial score (nSPS) is 28.1. The van der Waals surface area contributed by atoms with Crippen LogP contribution in [0.25, 0.3) is 0 Å². The van der Waals surface area contributed by atoms with E-state index in [1.165, 1.54) is 0 Å². The molecule has 0 aromatic carbocycles. The summed E-state index contributed by atoms with van der Waals surface area (Å²) in [5, 5.41) is 3.62. The average Bonchev–Trinajstić information content (AvgIpc) is 2.28. The summed E-state index contributed by atoms with van der Waals surface area (Å²) in [4.78, 5) is 0. The summed E-state index contributed by atoms with van der Waals surface area (Å²) >= 11 is 1.76. The molecule has 0 saturated heterocycles. The fourth-order valence-corrected chi connectivity index (χ4v) is 2.71. The van der Waals surface area contributed by atoms with Crippen LogP contribution in [-0.2, 0) is 0 Å². The maximum absolute atomic E-state index is 12.8.